The van der Waals surface area contributed by atoms with E-state index in [2.05, 4.69) is 10.3 Å². The van der Waals surface area contributed by atoms with E-state index in [0.717, 1.165) is 11.1 Å². The molecule has 0 saturated heterocycles. The number of anilines is 2. The lowest BCUT2D eigenvalue weighted by Gasteiger charge is -2.09. The van der Waals surface area contributed by atoms with E-state index in [1.807, 2.05) is 32.0 Å². The summed E-state index contributed by atoms with van der Waals surface area (Å²) in [7, 11) is 0. The Labute approximate surface area is 106 Å². The van der Waals surface area contributed by atoms with Crippen molar-refractivity contribution in [3.63, 3.8) is 0 Å². The first-order valence-electron chi connectivity index (χ1n) is 5.67. The largest absolute Gasteiger partial charge is 0.397 e. The molecule has 2 aromatic rings. The molecule has 1 aromatic carbocycles. The Morgan fingerprint density at radius 3 is 2.61 bits per heavy atom. The van der Waals surface area contributed by atoms with Gasteiger partial charge in [-0.2, -0.15) is 0 Å². The normalized spacial score (nSPS) is 10.1. The average molecular weight is 241 g/mol. The van der Waals surface area contributed by atoms with Crippen LogP contribution in [0.15, 0.2) is 36.5 Å². The summed E-state index contributed by atoms with van der Waals surface area (Å²) in [6.45, 7) is 3.76. The van der Waals surface area contributed by atoms with Crippen LogP contribution >= 0.6 is 0 Å². The van der Waals surface area contributed by atoms with E-state index in [0.29, 0.717) is 17.1 Å². The SMILES string of the molecule is Cc1ccccc1C(=O)Nc1ncc(N)cc1C. The topological polar surface area (TPSA) is 68.0 Å². The van der Waals surface area contributed by atoms with Crippen molar-refractivity contribution in [2.24, 2.45) is 0 Å². The molecule has 92 valence electrons. The Hall–Kier alpha value is -2.36. The van der Waals surface area contributed by atoms with Crippen LogP contribution in [-0.2, 0) is 0 Å². The van der Waals surface area contributed by atoms with E-state index in [4.69, 9.17) is 5.73 Å². The fourth-order valence-corrected chi connectivity index (χ4v) is 1.73. The van der Waals surface area contributed by atoms with E-state index in [1.54, 1.807) is 12.1 Å². The summed E-state index contributed by atoms with van der Waals surface area (Å²) in [6, 6.07) is 9.21. The molecule has 1 aromatic heterocycles. The molecule has 0 aliphatic carbocycles. The highest BCUT2D eigenvalue weighted by molar-refractivity contribution is 6.05. The molecular formula is C14H15N3O. The fraction of sp³-hybridized carbons (Fsp3) is 0.143. The van der Waals surface area contributed by atoms with Crippen LogP contribution in [0, 0.1) is 13.8 Å². The lowest BCUT2D eigenvalue weighted by molar-refractivity contribution is 0.102. The molecule has 4 nitrogen and oxygen atoms in total. The van der Waals surface area contributed by atoms with E-state index in [1.165, 1.54) is 6.20 Å². The van der Waals surface area contributed by atoms with Crippen molar-refractivity contribution >= 4 is 17.4 Å². The number of aryl methyl sites for hydroxylation is 2. The number of amides is 1. The average Bonchev–Trinajstić information content (AvgIpc) is 2.33. The highest BCUT2D eigenvalue weighted by Crippen LogP contribution is 2.16. The number of carbonyl (C=O) groups is 1. The first-order chi connectivity index (χ1) is 8.58. The number of benzene rings is 1. The van der Waals surface area contributed by atoms with Crippen molar-refractivity contribution in [2.45, 2.75) is 13.8 Å². The lowest BCUT2D eigenvalue weighted by Crippen LogP contribution is -2.15. The van der Waals surface area contributed by atoms with Crippen LogP contribution in [-0.4, -0.2) is 10.9 Å². The summed E-state index contributed by atoms with van der Waals surface area (Å²) in [6.07, 6.45) is 1.53. The predicted octanol–water partition coefficient (Wildman–Crippen LogP) is 2.53. The van der Waals surface area contributed by atoms with Gasteiger partial charge in [0, 0.05) is 5.56 Å². The standard InChI is InChI=1S/C14H15N3O/c1-9-5-3-4-6-12(9)14(18)17-13-10(2)7-11(15)8-16-13/h3-8H,15H2,1-2H3,(H,16,17,18). The van der Waals surface area contributed by atoms with Crippen molar-refractivity contribution in [1.82, 2.24) is 4.98 Å². The molecule has 0 radical (unpaired) electrons. The summed E-state index contributed by atoms with van der Waals surface area (Å²) in [5.74, 6) is 0.380. The summed E-state index contributed by atoms with van der Waals surface area (Å²) in [5, 5.41) is 2.79. The second kappa shape index (κ2) is 4.87. The fourth-order valence-electron chi connectivity index (χ4n) is 1.73. The van der Waals surface area contributed by atoms with Gasteiger partial charge >= 0.3 is 0 Å². The van der Waals surface area contributed by atoms with Crippen LogP contribution in [0.1, 0.15) is 21.5 Å². The van der Waals surface area contributed by atoms with Crippen LogP contribution in [0.4, 0.5) is 11.5 Å². The minimum atomic E-state index is -0.159. The van der Waals surface area contributed by atoms with Crippen LogP contribution in [0.25, 0.3) is 0 Å². The zero-order chi connectivity index (χ0) is 13.1. The maximum absolute atomic E-state index is 12.1. The molecule has 2 rings (SSSR count). The molecular weight excluding hydrogens is 226 g/mol. The Morgan fingerprint density at radius 2 is 1.94 bits per heavy atom. The van der Waals surface area contributed by atoms with Crippen LogP contribution in [0.2, 0.25) is 0 Å². The molecule has 3 N–H and O–H groups in total. The van der Waals surface area contributed by atoms with Crippen molar-refractivity contribution in [3.05, 3.63) is 53.2 Å². The van der Waals surface area contributed by atoms with Gasteiger partial charge in [-0.05, 0) is 37.1 Å². The van der Waals surface area contributed by atoms with E-state index in [-0.39, 0.29) is 5.91 Å². The van der Waals surface area contributed by atoms with Gasteiger partial charge in [0.25, 0.3) is 5.91 Å². The summed E-state index contributed by atoms with van der Waals surface area (Å²) in [4.78, 5) is 16.2. The van der Waals surface area contributed by atoms with Gasteiger partial charge in [-0.3, -0.25) is 4.79 Å². The molecule has 1 amide bonds. The van der Waals surface area contributed by atoms with Gasteiger partial charge in [0.05, 0.1) is 11.9 Å². The molecule has 0 fully saturated rings. The summed E-state index contributed by atoms with van der Waals surface area (Å²) in [5.41, 5.74) is 8.63. The number of nitrogen functional groups attached to an aromatic ring is 1. The van der Waals surface area contributed by atoms with Crippen molar-refractivity contribution in [3.8, 4) is 0 Å². The smallest absolute Gasteiger partial charge is 0.257 e. The molecule has 0 bridgehead atoms. The highest BCUT2D eigenvalue weighted by atomic mass is 16.1. The summed E-state index contributed by atoms with van der Waals surface area (Å²) >= 11 is 0. The number of hydrogen-bond acceptors (Lipinski definition) is 3. The molecule has 0 unspecified atom stereocenters. The number of nitrogens with two attached hydrogens (primary N) is 1. The number of pyridine rings is 1. The van der Waals surface area contributed by atoms with E-state index < -0.39 is 0 Å². The number of nitrogens with one attached hydrogen (secondary N) is 1. The lowest BCUT2D eigenvalue weighted by atomic mass is 10.1. The van der Waals surface area contributed by atoms with Gasteiger partial charge in [0.1, 0.15) is 5.82 Å². The first-order valence-corrected chi connectivity index (χ1v) is 5.67. The third-order valence-electron chi connectivity index (χ3n) is 2.72. The molecule has 0 aliphatic heterocycles. The third-order valence-corrected chi connectivity index (χ3v) is 2.72. The molecule has 0 aliphatic rings. The number of aromatic nitrogens is 1. The third kappa shape index (κ3) is 2.48. The summed E-state index contributed by atoms with van der Waals surface area (Å²) < 4.78 is 0. The predicted molar refractivity (Wildman–Crippen MR) is 72.5 cm³/mol. The van der Waals surface area contributed by atoms with Crippen LogP contribution < -0.4 is 11.1 Å². The zero-order valence-electron chi connectivity index (χ0n) is 10.4. The van der Waals surface area contributed by atoms with E-state index in [9.17, 15) is 4.79 Å². The molecule has 18 heavy (non-hydrogen) atoms. The minimum absolute atomic E-state index is 0.159. The second-order valence-electron chi connectivity index (χ2n) is 4.20. The van der Waals surface area contributed by atoms with Gasteiger partial charge in [-0.15, -0.1) is 0 Å². The molecule has 0 saturated carbocycles. The van der Waals surface area contributed by atoms with Gasteiger partial charge < -0.3 is 11.1 Å². The zero-order valence-corrected chi connectivity index (χ0v) is 10.4. The molecule has 4 heteroatoms. The number of carbonyl (C=O) groups excluding carboxylic acids is 1. The molecule has 0 spiro atoms. The molecule has 1 heterocycles. The number of nitrogens with zero attached hydrogens (tertiary/aromatic N) is 1. The van der Waals surface area contributed by atoms with Gasteiger partial charge in [0.2, 0.25) is 0 Å². The highest BCUT2D eigenvalue weighted by Gasteiger charge is 2.10. The quantitative estimate of drug-likeness (QED) is 0.849. The van der Waals surface area contributed by atoms with E-state index >= 15 is 0 Å². The van der Waals surface area contributed by atoms with Crippen molar-refractivity contribution in [1.29, 1.82) is 0 Å². The van der Waals surface area contributed by atoms with Crippen molar-refractivity contribution < 1.29 is 4.79 Å². The van der Waals surface area contributed by atoms with Crippen molar-refractivity contribution in [2.75, 3.05) is 11.1 Å². The maximum Gasteiger partial charge on any atom is 0.257 e. The Morgan fingerprint density at radius 1 is 1.22 bits per heavy atom. The van der Waals surface area contributed by atoms with Gasteiger partial charge in [0.15, 0.2) is 0 Å². The Kier molecular flexibility index (Phi) is 3.28. The number of hydrogen-bond donors (Lipinski definition) is 2. The van der Waals surface area contributed by atoms with Crippen LogP contribution in [0.5, 0.6) is 0 Å². The van der Waals surface area contributed by atoms with Gasteiger partial charge in [-0.25, -0.2) is 4.98 Å². The monoisotopic (exact) mass is 241 g/mol. The minimum Gasteiger partial charge on any atom is -0.397 e. The van der Waals surface area contributed by atoms with Gasteiger partial charge in [-0.1, -0.05) is 18.2 Å². The second-order valence-corrected chi connectivity index (χ2v) is 4.20. The molecule has 0 atom stereocenters. The Bertz CT molecular complexity index is 593. The van der Waals surface area contributed by atoms with Crippen LogP contribution in [0.3, 0.4) is 0 Å². The number of rotatable bonds is 2. The first kappa shape index (κ1) is 12.1. The maximum atomic E-state index is 12.1. The Balaban J connectivity index is 2.24.